The van der Waals surface area contributed by atoms with Crippen LogP contribution in [0.4, 0.5) is 0 Å². The number of unbranched alkanes of at least 4 members (excludes halogenated alkanes) is 1. The third-order valence-corrected chi connectivity index (χ3v) is 2.82. The Morgan fingerprint density at radius 1 is 1.07 bits per heavy atom. The van der Waals surface area contributed by atoms with Gasteiger partial charge in [-0.2, -0.15) is 0 Å². The Kier molecular flexibility index (Phi) is 3.96. The maximum Gasteiger partial charge on any atom is -0.0132 e. The van der Waals surface area contributed by atoms with Crippen LogP contribution in [0.3, 0.4) is 0 Å². The van der Waals surface area contributed by atoms with Crippen LogP contribution >= 0.6 is 0 Å². The van der Waals surface area contributed by atoms with Crippen LogP contribution in [0.25, 0.3) is 0 Å². The van der Waals surface area contributed by atoms with Gasteiger partial charge in [0.2, 0.25) is 0 Å². The van der Waals surface area contributed by atoms with Gasteiger partial charge in [0.1, 0.15) is 0 Å². The average Bonchev–Trinajstić information content (AvgIpc) is 2.12. The fraction of sp³-hybridized carbons (Fsp3) is 0.600. The van der Waals surface area contributed by atoms with Gasteiger partial charge in [-0.3, -0.25) is 0 Å². The van der Waals surface area contributed by atoms with Crippen molar-refractivity contribution in [2.24, 2.45) is 0 Å². The SMILES string of the molecule is CCCCc1cc(C)cc(C(C)(C)C)c1. The van der Waals surface area contributed by atoms with Gasteiger partial charge in [-0.15, -0.1) is 0 Å². The lowest BCUT2D eigenvalue weighted by atomic mass is 9.84. The summed E-state index contributed by atoms with van der Waals surface area (Å²) in [5, 5.41) is 0. The van der Waals surface area contributed by atoms with Gasteiger partial charge in [0.05, 0.1) is 0 Å². The van der Waals surface area contributed by atoms with Gasteiger partial charge in [-0.25, -0.2) is 0 Å². The first-order valence-electron chi connectivity index (χ1n) is 6.04. The molecule has 0 bridgehead atoms. The molecule has 0 spiro atoms. The molecule has 0 unspecified atom stereocenters. The Hall–Kier alpha value is -0.780. The molecular formula is C15H24. The minimum atomic E-state index is 0.271. The highest BCUT2D eigenvalue weighted by molar-refractivity contribution is 5.33. The summed E-state index contributed by atoms with van der Waals surface area (Å²) in [6.07, 6.45) is 3.80. The third kappa shape index (κ3) is 3.70. The first-order chi connectivity index (χ1) is 6.93. The molecule has 0 N–H and O–H groups in total. The lowest BCUT2D eigenvalue weighted by molar-refractivity contribution is 0.588. The van der Waals surface area contributed by atoms with E-state index in [1.165, 1.54) is 36.0 Å². The van der Waals surface area contributed by atoms with E-state index in [4.69, 9.17) is 0 Å². The smallest absolute Gasteiger partial charge is 0.0132 e. The number of rotatable bonds is 3. The van der Waals surface area contributed by atoms with Crippen molar-refractivity contribution in [1.82, 2.24) is 0 Å². The molecule has 0 aliphatic rings. The normalized spacial score (nSPS) is 11.8. The van der Waals surface area contributed by atoms with Crippen LogP contribution < -0.4 is 0 Å². The van der Waals surface area contributed by atoms with Crippen LogP contribution in [-0.2, 0) is 11.8 Å². The van der Waals surface area contributed by atoms with Gasteiger partial charge >= 0.3 is 0 Å². The monoisotopic (exact) mass is 204 g/mol. The molecule has 0 aliphatic carbocycles. The van der Waals surface area contributed by atoms with Crippen molar-refractivity contribution in [3.05, 3.63) is 34.9 Å². The highest BCUT2D eigenvalue weighted by Crippen LogP contribution is 2.25. The lowest BCUT2D eigenvalue weighted by Crippen LogP contribution is -2.11. The molecule has 1 rings (SSSR count). The molecule has 0 fully saturated rings. The predicted molar refractivity (Wildman–Crippen MR) is 68.5 cm³/mol. The summed E-state index contributed by atoms with van der Waals surface area (Å²) in [5.41, 5.74) is 4.64. The van der Waals surface area contributed by atoms with Crippen LogP contribution in [0.2, 0.25) is 0 Å². The van der Waals surface area contributed by atoms with Crippen LogP contribution in [0.5, 0.6) is 0 Å². The quantitative estimate of drug-likeness (QED) is 0.673. The van der Waals surface area contributed by atoms with Crippen molar-refractivity contribution in [3.8, 4) is 0 Å². The van der Waals surface area contributed by atoms with E-state index in [9.17, 15) is 0 Å². The maximum atomic E-state index is 2.38. The van der Waals surface area contributed by atoms with E-state index in [0.29, 0.717) is 0 Å². The zero-order valence-corrected chi connectivity index (χ0v) is 10.9. The molecule has 0 aliphatic heterocycles. The van der Waals surface area contributed by atoms with E-state index >= 15 is 0 Å². The molecule has 84 valence electrons. The van der Waals surface area contributed by atoms with Crippen molar-refractivity contribution in [2.45, 2.75) is 59.3 Å². The Morgan fingerprint density at radius 3 is 2.27 bits per heavy atom. The summed E-state index contributed by atoms with van der Waals surface area (Å²) in [7, 11) is 0. The second kappa shape index (κ2) is 4.83. The molecular weight excluding hydrogens is 180 g/mol. The first-order valence-corrected chi connectivity index (χ1v) is 6.04. The van der Waals surface area contributed by atoms with E-state index in [0.717, 1.165) is 0 Å². The highest BCUT2D eigenvalue weighted by Gasteiger charge is 2.14. The van der Waals surface area contributed by atoms with Crippen molar-refractivity contribution >= 4 is 0 Å². The molecule has 0 aromatic heterocycles. The molecule has 0 saturated heterocycles. The minimum absolute atomic E-state index is 0.271. The second-order valence-corrected chi connectivity index (χ2v) is 5.56. The fourth-order valence-corrected chi connectivity index (χ4v) is 1.82. The van der Waals surface area contributed by atoms with Gasteiger partial charge in [0, 0.05) is 0 Å². The zero-order chi connectivity index (χ0) is 11.5. The summed E-state index contributed by atoms with van der Waals surface area (Å²) in [6.45, 7) is 11.3. The van der Waals surface area contributed by atoms with Gasteiger partial charge in [-0.1, -0.05) is 57.9 Å². The van der Waals surface area contributed by atoms with Crippen LogP contribution in [0, 0.1) is 6.92 Å². The highest BCUT2D eigenvalue weighted by atomic mass is 14.2. The Labute approximate surface area is 94.7 Å². The molecule has 1 aromatic carbocycles. The maximum absolute atomic E-state index is 2.38. The van der Waals surface area contributed by atoms with E-state index < -0.39 is 0 Å². The Bertz CT molecular complexity index is 315. The summed E-state index contributed by atoms with van der Waals surface area (Å²) in [5.74, 6) is 0. The summed E-state index contributed by atoms with van der Waals surface area (Å²) < 4.78 is 0. The van der Waals surface area contributed by atoms with E-state index in [2.05, 4.69) is 52.8 Å². The summed E-state index contributed by atoms with van der Waals surface area (Å²) >= 11 is 0. The average molecular weight is 204 g/mol. The Balaban J connectivity index is 2.95. The molecule has 0 amide bonds. The van der Waals surface area contributed by atoms with E-state index in [1.54, 1.807) is 0 Å². The molecule has 0 atom stereocenters. The van der Waals surface area contributed by atoms with E-state index in [-0.39, 0.29) is 5.41 Å². The molecule has 0 heteroatoms. The first kappa shape index (κ1) is 12.3. The number of aryl methyl sites for hydroxylation is 2. The van der Waals surface area contributed by atoms with Gasteiger partial charge in [-0.05, 0) is 36.3 Å². The Morgan fingerprint density at radius 2 is 1.73 bits per heavy atom. The largest absolute Gasteiger partial charge is 0.0654 e. The van der Waals surface area contributed by atoms with Gasteiger partial charge < -0.3 is 0 Å². The molecule has 15 heavy (non-hydrogen) atoms. The van der Waals surface area contributed by atoms with Crippen molar-refractivity contribution in [2.75, 3.05) is 0 Å². The predicted octanol–water partition coefficient (Wildman–Crippen LogP) is 4.64. The topological polar surface area (TPSA) is 0 Å². The summed E-state index contributed by atoms with van der Waals surface area (Å²) in [6, 6.07) is 7.02. The minimum Gasteiger partial charge on any atom is -0.0654 e. The molecule has 0 saturated carbocycles. The zero-order valence-electron chi connectivity index (χ0n) is 10.9. The van der Waals surface area contributed by atoms with Crippen molar-refractivity contribution in [3.63, 3.8) is 0 Å². The third-order valence-electron chi connectivity index (χ3n) is 2.82. The molecule has 0 heterocycles. The van der Waals surface area contributed by atoms with Crippen molar-refractivity contribution < 1.29 is 0 Å². The van der Waals surface area contributed by atoms with Gasteiger partial charge in [0.15, 0.2) is 0 Å². The standard InChI is InChI=1S/C15H24/c1-6-7-8-13-9-12(2)10-14(11-13)15(3,4)5/h9-11H,6-8H2,1-5H3. The second-order valence-electron chi connectivity index (χ2n) is 5.56. The van der Waals surface area contributed by atoms with E-state index in [1.807, 2.05) is 0 Å². The number of hydrogen-bond donors (Lipinski definition) is 0. The van der Waals surface area contributed by atoms with Crippen molar-refractivity contribution in [1.29, 1.82) is 0 Å². The lowest BCUT2D eigenvalue weighted by Gasteiger charge is -2.20. The van der Waals surface area contributed by atoms with Crippen LogP contribution in [0.1, 0.15) is 57.2 Å². The fourth-order valence-electron chi connectivity index (χ4n) is 1.82. The van der Waals surface area contributed by atoms with Crippen LogP contribution in [0.15, 0.2) is 18.2 Å². The van der Waals surface area contributed by atoms with Crippen LogP contribution in [-0.4, -0.2) is 0 Å². The number of hydrogen-bond acceptors (Lipinski definition) is 0. The molecule has 1 aromatic rings. The number of benzene rings is 1. The summed E-state index contributed by atoms with van der Waals surface area (Å²) in [4.78, 5) is 0. The molecule has 0 radical (unpaired) electrons. The molecule has 0 nitrogen and oxygen atoms in total. The van der Waals surface area contributed by atoms with Gasteiger partial charge in [0.25, 0.3) is 0 Å².